The number of hydrogen-bond donors (Lipinski definition) is 1. The van der Waals surface area contributed by atoms with Crippen molar-refractivity contribution in [3.63, 3.8) is 0 Å². The van der Waals surface area contributed by atoms with Gasteiger partial charge in [-0.25, -0.2) is 0 Å². The molecule has 4 heteroatoms. The summed E-state index contributed by atoms with van der Waals surface area (Å²) in [5.41, 5.74) is 2.61. The van der Waals surface area contributed by atoms with Gasteiger partial charge < -0.3 is 14.8 Å². The summed E-state index contributed by atoms with van der Waals surface area (Å²) < 4.78 is 10.8. The molecule has 3 rings (SSSR count). The minimum Gasteiger partial charge on any atom is -0.454 e. The van der Waals surface area contributed by atoms with Crippen LogP contribution in [0.15, 0.2) is 24.3 Å². The van der Waals surface area contributed by atoms with E-state index in [1.807, 2.05) is 17.4 Å². The fourth-order valence-electron chi connectivity index (χ4n) is 2.82. The minimum atomic E-state index is 0.258. The Morgan fingerprint density at radius 1 is 1.05 bits per heavy atom. The first-order valence-corrected chi connectivity index (χ1v) is 8.09. The Labute approximate surface area is 129 Å². The molecule has 1 aliphatic rings. The van der Waals surface area contributed by atoms with Crippen molar-refractivity contribution in [2.24, 2.45) is 0 Å². The lowest BCUT2D eigenvalue weighted by Crippen LogP contribution is -2.22. The first-order chi connectivity index (χ1) is 10.0. The van der Waals surface area contributed by atoms with Crippen LogP contribution < -0.4 is 14.8 Å². The Morgan fingerprint density at radius 3 is 2.52 bits per heavy atom. The van der Waals surface area contributed by atoms with Gasteiger partial charge in [-0.05, 0) is 57.0 Å². The third kappa shape index (κ3) is 2.92. The van der Waals surface area contributed by atoms with Gasteiger partial charge in [0.15, 0.2) is 11.5 Å². The Bertz CT molecular complexity index is 650. The van der Waals surface area contributed by atoms with Crippen LogP contribution in [0.2, 0.25) is 0 Å². The summed E-state index contributed by atoms with van der Waals surface area (Å²) in [6.45, 7) is 9.08. The lowest BCUT2D eigenvalue weighted by atomic mass is 10.0. The van der Waals surface area contributed by atoms with Crippen LogP contribution in [0.25, 0.3) is 0 Å². The average Bonchev–Trinajstić information content (AvgIpc) is 3.03. The number of fused-ring (bicyclic) bond motifs is 1. The quantitative estimate of drug-likeness (QED) is 0.901. The highest BCUT2D eigenvalue weighted by Crippen LogP contribution is 2.35. The van der Waals surface area contributed by atoms with Crippen LogP contribution in [-0.2, 0) is 0 Å². The van der Waals surface area contributed by atoms with Crippen LogP contribution in [0.3, 0.4) is 0 Å². The Hall–Kier alpha value is -1.52. The van der Waals surface area contributed by atoms with Crippen LogP contribution in [0.4, 0.5) is 0 Å². The topological polar surface area (TPSA) is 30.5 Å². The molecule has 0 fully saturated rings. The summed E-state index contributed by atoms with van der Waals surface area (Å²) in [6.07, 6.45) is 0. The molecule has 112 valence electrons. The van der Waals surface area contributed by atoms with Crippen LogP contribution >= 0.6 is 11.3 Å². The largest absolute Gasteiger partial charge is 0.454 e. The number of benzene rings is 1. The van der Waals surface area contributed by atoms with E-state index < -0.39 is 0 Å². The van der Waals surface area contributed by atoms with Gasteiger partial charge in [-0.2, -0.15) is 0 Å². The van der Waals surface area contributed by atoms with Crippen molar-refractivity contribution < 1.29 is 9.47 Å². The molecular formula is C17H21NO2S. The van der Waals surface area contributed by atoms with E-state index in [-0.39, 0.29) is 6.04 Å². The average molecular weight is 303 g/mol. The molecular weight excluding hydrogens is 282 g/mol. The van der Waals surface area contributed by atoms with E-state index in [1.54, 1.807) is 0 Å². The molecule has 1 aromatic carbocycles. The normalized spacial score (nSPS) is 16.0. The lowest BCUT2D eigenvalue weighted by Gasteiger charge is -2.21. The van der Waals surface area contributed by atoms with E-state index in [1.165, 1.54) is 20.9 Å². The van der Waals surface area contributed by atoms with Crippen molar-refractivity contribution in [1.82, 2.24) is 5.32 Å². The lowest BCUT2D eigenvalue weighted by molar-refractivity contribution is 0.174. The van der Waals surface area contributed by atoms with E-state index in [9.17, 15) is 0 Å². The van der Waals surface area contributed by atoms with Crippen molar-refractivity contribution >= 4 is 11.3 Å². The Balaban J connectivity index is 1.74. The number of thiophene rings is 1. The van der Waals surface area contributed by atoms with Crippen LogP contribution in [-0.4, -0.2) is 6.79 Å². The van der Waals surface area contributed by atoms with Crippen molar-refractivity contribution in [3.8, 4) is 11.5 Å². The van der Waals surface area contributed by atoms with Gasteiger partial charge in [-0.3, -0.25) is 0 Å². The van der Waals surface area contributed by atoms with Crippen molar-refractivity contribution in [2.45, 2.75) is 39.8 Å². The highest BCUT2D eigenvalue weighted by atomic mass is 32.1. The second-order valence-electron chi connectivity index (χ2n) is 5.59. The van der Waals surface area contributed by atoms with Gasteiger partial charge in [-0.15, -0.1) is 11.3 Å². The van der Waals surface area contributed by atoms with Gasteiger partial charge >= 0.3 is 0 Å². The molecule has 2 heterocycles. The summed E-state index contributed by atoms with van der Waals surface area (Å²) >= 11 is 1.86. The third-order valence-corrected chi connectivity index (χ3v) is 4.92. The van der Waals surface area contributed by atoms with E-state index in [4.69, 9.17) is 9.47 Å². The monoisotopic (exact) mass is 303 g/mol. The van der Waals surface area contributed by atoms with Gasteiger partial charge in [0.05, 0.1) is 0 Å². The Morgan fingerprint density at radius 2 is 1.81 bits per heavy atom. The fourth-order valence-corrected chi connectivity index (χ4v) is 3.85. The third-order valence-electron chi connectivity index (χ3n) is 3.94. The molecule has 2 aromatic rings. The zero-order valence-electron chi connectivity index (χ0n) is 12.9. The smallest absolute Gasteiger partial charge is 0.231 e. The Kier molecular flexibility index (Phi) is 3.91. The fraction of sp³-hybridized carbons (Fsp3) is 0.412. The van der Waals surface area contributed by atoms with E-state index in [2.05, 4.69) is 51.2 Å². The van der Waals surface area contributed by atoms with Gasteiger partial charge in [0.1, 0.15) is 0 Å². The summed E-state index contributed by atoms with van der Waals surface area (Å²) in [4.78, 5) is 2.76. The van der Waals surface area contributed by atoms with Crippen LogP contribution in [0.1, 0.15) is 46.8 Å². The summed E-state index contributed by atoms with van der Waals surface area (Å²) in [5, 5.41) is 3.67. The summed E-state index contributed by atoms with van der Waals surface area (Å²) in [5.74, 6) is 1.68. The molecule has 0 radical (unpaired) electrons. The number of rotatable bonds is 4. The van der Waals surface area contributed by atoms with Crippen molar-refractivity contribution in [2.75, 3.05) is 6.79 Å². The minimum absolute atomic E-state index is 0.258. The summed E-state index contributed by atoms with van der Waals surface area (Å²) in [6, 6.07) is 9.02. The van der Waals surface area contributed by atoms with Gasteiger partial charge in [0.2, 0.25) is 6.79 Å². The predicted molar refractivity (Wildman–Crippen MR) is 86.3 cm³/mol. The van der Waals surface area contributed by atoms with Gasteiger partial charge in [0, 0.05) is 21.8 Å². The maximum absolute atomic E-state index is 5.45. The number of aryl methyl sites for hydroxylation is 2. The van der Waals surface area contributed by atoms with Gasteiger partial charge in [0.25, 0.3) is 0 Å². The number of ether oxygens (including phenoxy) is 2. The molecule has 0 amide bonds. The molecule has 2 atom stereocenters. The summed E-state index contributed by atoms with van der Waals surface area (Å²) in [7, 11) is 0. The molecule has 0 bridgehead atoms. The molecule has 1 aromatic heterocycles. The molecule has 1 aliphatic heterocycles. The van der Waals surface area contributed by atoms with Crippen molar-refractivity contribution in [3.05, 3.63) is 45.1 Å². The molecule has 0 aliphatic carbocycles. The maximum atomic E-state index is 5.45. The molecule has 1 N–H and O–H groups in total. The maximum Gasteiger partial charge on any atom is 0.231 e. The van der Waals surface area contributed by atoms with Crippen LogP contribution in [0.5, 0.6) is 11.5 Å². The molecule has 3 nitrogen and oxygen atoms in total. The first-order valence-electron chi connectivity index (χ1n) is 7.27. The second-order valence-corrected chi connectivity index (χ2v) is 7.05. The SMILES string of the molecule is Cc1cc(C(C)NC(C)c2ccc3c(c2)OCO3)c(C)s1. The highest BCUT2D eigenvalue weighted by molar-refractivity contribution is 7.12. The zero-order chi connectivity index (χ0) is 15.0. The van der Waals surface area contributed by atoms with E-state index >= 15 is 0 Å². The highest BCUT2D eigenvalue weighted by Gasteiger charge is 2.18. The first kappa shape index (κ1) is 14.4. The number of hydrogen-bond acceptors (Lipinski definition) is 4. The predicted octanol–water partition coefficient (Wildman–Crippen LogP) is 4.51. The molecule has 0 saturated carbocycles. The second kappa shape index (κ2) is 5.70. The van der Waals surface area contributed by atoms with Gasteiger partial charge in [-0.1, -0.05) is 6.07 Å². The standard InChI is InChI=1S/C17H21NO2S/c1-10-7-15(13(4)21-10)12(3)18-11(2)14-5-6-16-17(8-14)20-9-19-16/h5-8,11-12,18H,9H2,1-4H3. The van der Waals surface area contributed by atoms with Crippen LogP contribution in [0, 0.1) is 13.8 Å². The number of nitrogens with one attached hydrogen (secondary N) is 1. The zero-order valence-corrected chi connectivity index (χ0v) is 13.7. The van der Waals surface area contributed by atoms with Crippen molar-refractivity contribution in [1.29, 1.82) is 0 Å². The van der Waals surface area contributed by atoms with E-state index in [0.717, 1.165) is 11.5 Å². The van der Waals surface area contributed by atoms with E-state index in [0.29, 0.717) is 12.8 Å². The molecule has 2 unspecified atom stereocenters. The molecule has 0 saturated heterocycles. The molecule has 0 spiro atoms. The molecule has 21 heavy (non-hydrogen) atoms.